The van der Waals surface area contributed by atoms with Gasteiger partial charge in [-0.3, -0.25) is 0 Å². The smallest absolute Gasteiger partial charge is 0.339 e. The Labute approximate surface area is 159 Å². The van der Waals surface area contributed by atoms with E-state index in [1.54, 1.807) is 12.1 Å². The normalized spacial score (nSPS) is 11.3. The van der Waals surface area contributed by atoms with Crippen LogP contribution >= 0.6 is 0 Å². The molecule has 0 atom stereocenters. The summed E-state index contributed by atoms with van der Waals surface area (Å²) in [6.07, 6.45) is -2.32. The van der Waals surface area contributed by atoms with Gasteiger partial charge in [-0.25, -0.2) is 9.37 Å². The van der Waals surface area contributed by atoms with Crippen molar-refractivity contribution in [3.05, 3.63) is 71.7 Å². The number of anilines is 4. The van der Waals surface area contributed by atoms with Crippen molar-refractivity contribution in [3.8, 4) is 0 Å². The molecular formula is C20H18F4N4. The Morgan fingerprint density at radius 2 is 1.68 bits per heavy atom. The lowest BCUT2D eigenvalue weighted by molar-refractivity contribution is -0.137. The molecule has 0 radical (unpaired) electrons. The number of nitrogens with zero attached hydrogens (tertiary/aromatic N) is 2. The van der Waals surface area contributed by atoms with Gasteiger partial charge < -0.3 is 10.6 Å². The van der Waals surface area contributed by atoms with Gasteiger partial charge in [-0.1, -0.05) is 31.5 Å². The van der Waals surface area contributed by atoms with Gasteiger partial charge in [0.2, 0.25) is 5.95 Å². The van der Waals surface area contributed by atoms with E-state index in [-0.39, 0.29) is 11.8 Å². The van der Waals surface area contributed by atoms with Gasteiger partial charge in [-0.2, -0.15) is 18.2 Å². The Bertz CT molecular complexity index is 940. The van der Waals surface area contributed by atoms with Gasteiger partial charge >= 0.3 is 6.18 Å². The van der Waals surface area contributed by atoms with E-state index in [4.69, 9.17) is 0 Å². The van der Waals surface area contributed by atoms with Gasteiger partial charge in [0.15, 0.2) is 0 Å². The maximum atomic E-state index is 13.4. The number of aryl methyl sites for hydroxylation is 1. The van der Waals surface area contributed by atoms with E-state index in [1.165, 1.54) is 24.3 Å². The maximum Gasteiger partial charge on any atom is 0.421 e. The van der Waals surface area contributed by atoms with Crippen LogP contribution in [0, 0.1) is 5.82 Å². The van der Waals surface area contributed by atoms with Crippen LogP contribution in [0.25, 0.3) is 0 Å². The van der Waals surface area contributed by atoms with Crippen LogP contribution in [-0.2, 0) is 12.6 Å². The molecule has 1 heterocycles. The average Bonchev–Trinajstić information content (AvgIpc) is 2.65. The molecule has 4 nitrogen and oxygen atoms in total. The first-order chi connectivity index (χ1) is 13.4. The minimum atomic E-state index is -4.61. The molecular weight excluding hydrogens is 372 g/mol. The number of aromatic nitrogens is 2. The number of nitrogens with one attached hydrogen (secondary N) is 2. The Balaban J connectivity index is 1.96. The molecule has 8 heteroatoms. The second-order valence-electron chi connectivity index (χ2n) is 6.12. The van der Waals surface area contributed by atoms with E-state index in [1.807, 2.05) is 19.1 Å². The minimum Gasteiger partial charge on any atom is -0.339 e. The lowest BCUT2D eigenvalue weighted by Crippen LogP contribution is -2.13. The molecule has 0 saturated heterocycles. The van der Waals surface area contributed by atoms with Gasteiger partial charge in [0, 0.05) is 17.6 Å². The van der Waals surface area contributed by atoms with Crippen molar-refractivity contribution in [2.75, 3.05) is 10.6 Å². The number of rotatable bonds is 6. The highest BCUT2D eigenvalue weighted by atomic mass is 19.4. The summed E-state index contributed by atoms with van der Waals surface area (Å²) in [4.78, 5) is 7.75. The fourth-order valence-electron chi connectivity index (χ4n) is 2.66. The van der Waals surface area contributed by atoms with Gasteiger partial charge in [-0.15, -0.1) is 0 Å². The quantitative estimate of drug-likeness (QED) is 0.501. The number of alkyl halides is 3. The summed E-state index contributed by atoms with van der Waals surface area (Å²) < 4.78 is 53.3. The number of hydrogen-bond donors (Lipinski definition) is 2. The van der Waals surface area contributed by atoms with Crippen LogP contribution in [0.2, 0.25) is 0 Å². The van der Waals surface area contributed by atoms with Crippen molar-refractivity contribution >= 4 is 23.1 Å². The third kappa shape index (κ3) is 4.76. The Morgan fingerprint density at radius 3 is 2.36 bits per heavy atom. The van der Waals surface area contributed by atoms with Crippen LogP contribution in [0.1, 0.15) is 24.5 Å². The zero-order valence-corrected chi connectivity index (χ0v) is 15.0. The molecule has 1 aromatic heterocycles. The summed E-state index contributed by atoms with van der Waals surface area (Å²) >= 11 is 0. The fourth-order valence-corrected chi connectivity index (χ4v) is 2.66. The minimum absolute atomic E-state index is 0.0323. The Hall–Kier alpha value is -3.16. The zero-order valence-electron chi connectivity index (χ0n) is 15.0. The fraction of sp³-hybridized carbons (Fsp3) is 0.200. The highest BCUT2D eigenvalue weighted by Crippen LogP contribution is 2.36. The Morgan fingerprint density at radius 1 is 0.964 bits per heavy atom. The molecule has 0 unspecified atom stereocenters. The summed E-state index contributed by atoms with van der Waals surface area (Å²) in [7, 11) is 0. The number of halogens is 4. The van der Waals surface area contributed by atoms with Crippen LogP contribution in [0.5, 0.6) is 0 Å². The molecule has 0 aliphatic rings. The topological polar surface area (TPSA) is 49.8 Å². The second-order valence-corrected chi connectivity index (χ2v) is 6.12. The molecule has 0 spiro atoms. The lowest BCUT2D eigenvalue weighted by atomic mass is 10.1. The summed E-state index contributed by atoms with van der Waals surface area (Å²) in [5.41, 5.74) is 0.938. The molecule has 0 fully saturated rings. The van der Waals surface area contributed by atoms with Crippen molar-refractivity contribution < 1.29 is 17.6 Å². The first kappa shape index (κ1) is 19.6. The van der Waals surface area contributed by atoms with Crippen LogP contribution in [-0.4, -0.2) is 9.97 Å². The van der Waals surface area contributed by atoms with E-state index in [2.05, 4.69) is 20.6 Å². The number of hydrogen-bond acceptors (Lipinski definition) is 4. The van der Waals surface area contributed by atoms with Gasteiger partial charge in [0.05, 0.1) is 0 Å². The highest BCUT2D eigenvalue weighted by molar-refractivity contribution is 5.65. The molecule has 0 bridgehead atoms. The molecule has 2 N–H and O–H groups in total. The van der Waals surface area contributed by atoms with Crippen molar-refractivity contribution in [2.24, 2.45) is 0 Å². The third-order valence-corrected chi connectivity index (χ3v) is 3.98. The van der Waals surface area contributed by atoms with E-state index < -0.39 is 17.6 Å². The van der Waals surface area contributed by atoms with E-state index in [9.17, 15) is 17.6 Å². The van der Waals surface area contributed by atoms with Crippen molar-refractivity contribution in [3.63, 3.8) is 0 Å². The van der Waals surface area contributed by atoms with Crippen molar-refractivity contribution in [2.45, 2.75) is 25.9 Å². The largest absolute Gasteiger partial charge is 0.421 e. The van der Waals surface area contributed by atoms with Crippen LogP contribution in [0.3, 0.4) is 0 Å². The predicted molar refractivity (Wildman–Crippen MR) is 100 cm³/mol. The van der Waals surface area contributed by atoms with Gasteiger partial charge in [0.1, 0.15) is 17.2 Å². The summed E-state index contributed by atoms with van der Waals surface area (Å²) in [5, 5.41) is 5.58. The molecule has 0 saturated carbocycles. The number of para-hydroxylation sites is 1. The molecule has 2 aromatic carbocycles. The van der Waals surface area contributed by atoms with Crippen LogP contribution in [0.4, 0.5) is 40.7 Å². The second kappa shape index (κ2) is 8.24. The monoisotopic (exact) mass is 390 g/mol. The molecule has 3 aromatic rings. The van der Waals surface area contributed by atoms with Crippen LogP contribution < -0.4 is 10.6 Å². The lowest BCUT2D eigenvalue weighted by Gasteiger charge is -2.16. The molecule has 0 aliphatic carbocycles. The first-order valence-electron chi connectivity index (χ1n) is 8.68. The van der Waals surface area contributed by atoms with Gasteiger partial charge in [0.25, 0.3) is 0 Å². The molecule has 3 rings (SSSR count). The summed E-state index contributed by atoms with van der Waals surface area (Å²) in [6.45, 7) is 1.99. The van der Waals surface area contributed by atoms with E-state index in [0.29, 0.717) is 11.4 Å². The standard InChI is InChI=1S/C20H18F4N4/c1-2-5-13-6-3-4-7-17(13)27-18-16(20(22,23)24)12-25-19(28-18)26-15-10-8-14(21)9-11-15/h3-4,6-12H,2,5H2,1H3,(H2,25,26,27,28). The molecule has 146 valence electrons. The van der Waals surface area contributed by atoms with E-state index in [0.717, 1.165) is 24.6 Å². The maximum absolute atomic E-state index is 13.4. The highest BCUT2D eigenvalue weighted by Gasteiger charge is 2.35. The summed E-state index contributed by atoms with van der Waals surface area (Å²) in [6, 6.07) is 12.5. The zero-order chi connectivity index (χ0) is 20.1. The number of benzene rings is 2. The molecule has 0 aliphatic heterocycles. The third-order valence-electron chi connectivity index (χ3n) is 3.98. The molecule has 0 amide bonds. The average molecular weight is 390 g/mol. The predicted octanol–water partition coefficient (Wildman–Crippen LogP) is 6.07. The first-order valence-corrected chi connectivity index (χ1v) is 8.68. The van der Waals surface area contributed by atoms with Crippen molar-refractivity contribution in [1.82, 2.24) is 9.97 Å². The van der Waals surface area contributed by atoms with E-state index >= 15 is 0 Å². The Kier molecular flexibility index (Phi) is 5.77. The van der Waals surface area contributed by atoms with Crippen LogP contribution in [0.15, 0.2) is 54.7 Å². The van der Waals surface area contributed by atoms with Crippen molar-refractivity contribution in [1.29, 1.82) is 0 Å². The molecule has 28 heavy (non-hydrogen) atoms. The SMILES string of the molecule is CCCc1ccccc1Nc1nc(Nc2ccc(F)cc2)ncc1C(F)(F)F. The van der Waals surface area contributed by atoms with Gasteiger partial charge in [-0.05, 0) is 42.3 Å². The summed E-state index contributed by atoms with van der Waals surface area (Å²) in [5.74, 6) is -0.806.